The van der Waals surface area contributed by atoms with Gasteiger partial charge in [0, 0.05) is 26.2 Å². The van der Waals surface area contributed by atoms with E-state index in [1.165, 1.54) is 85.0 Å². The maximum atomic E-state index is 2.68. The average Bonchev–Trinajstić information content (AvgIpc) is 2.59. The summed E-state index contributed by atoms with van der Waals surface area (Å²) in [6.45, 7) is 27.9. The van der Waals surface area contributed by atoms with Gasteiger partial charge in [0.25, 0.3) is 0 Å². The molecule has 148 valence electrons. The number of halogens is 1. The fraction of sp³-hybridized carbons (Fsp3) is 1.00. The molecular formula is C19H45ClN4. The lowest BCUT2D eigenvalue weighted by atomic mass is 10.3. The van der Waals surface area contributed by atoms with E-state index < -0.39 is 0 Å². The summed E-state index contributed by atoms with van der Waals surface area (Å²) in [6, 6.07) is 0. The van der Waals surface area contributed by atoms with E-state index in [2.05, 4.69) is 61.1 Å². The first-order chi connectivity index (χ1) is 11.1. The molecule has 0 unspecified atom stereocenters. The minimum Gasteiger partial charge on any atom is -0.304 e. The molecule has 0 spiro atoms. The fourth-order valence-corrected chi connectivity index (χ4v) is 3.04. The van der Waals surface area contributed by atoms with Crippen LogP contribution in [0.3, 0.4) is 0 Å². The van der Waals surface area contributed by atoms with E-state index in [-0.39, 0.29) is 12.4 Å². The zero-order valence-electron chi connectivity index (χ0n) is 17.4. The summed E-state index contributed by atoms with van der Waals surface area (Å²) in [5, 5.41) is 0. The molecule has 0 N–H and O–H groups in total. The molecule has 4 nitrogen and oxygen atoms in total. The average molecular weight is 365 g/mol. The molecule has 0 aliphatic rings. The molecule has 0 rings (SSSR count). The Balaban J connectivity index is 0. The van der Waals surface area contributed by atoms with Crippen molar-refractivity contribution in [1.29, 1.82) is 0 Å². The van der Waals surface area contributed by atoms with Crippen molar-refractivity contribution in [2.75, 3.05) is 78.5 Å². The number of likely N-dealkylation sites (N-methyl/N-ethyl adjacent to an activating group) is 2. The van der Waals surface area contributed by atoms with Crippen molar-refractivity contribution >= 4 is 12.4 Å². The third kappa shape index (κ3) is 12.5. The largest absolute Gasteiger partial charge is 0.304 e. The van der Waals surface area contributed by atoms with Gasteiger partial charge in [0.2, 0.25) is 0 Å². The third-order valence-electron chi connectivity index (χ3n) is 5.10. The number of hydrogen-bond donors (Lipinski definition) is 0. The zero-order valence-corrected chi connectivity index (χ0v) is 18.2. The minimum absolute atomic E-state index is 0. The molecule has 0 radical (unpaired) electrons. The molecule has 0 aromatic carbocycles. The topological polar surface area (TPSA) is 13.0 Å². The van der Waals surface area contributed by atoms with Gasteiger partial charge in [-0.2, -0.15) is 0 Å². The first-order valence-electron chi connectivity index (χ1n) is 10.0. The summed E-state index contributed by atoms with van der Waals surface area (Å²) in [5.74, 6) is 0. The van der Waals surface area contributed by atoms with E-state index in [0.29, 0.717) is 0 Å². The quantitative estimate of drug-likeness (QED) is 0.417. The molecule has 0 fully saturated rings. The third-order valence-corrected chi connectivity index (χ3v) is 5.10. The summed E-state index contributed by atoms with van der Waals surface area (Å²) >= 11 is 0. The van der Waals surface area contributed by atoms with Crippen molar-refractivity contribution in [1.82, 2.24) is 19.6 Å². The van der Waals surface area contributed by atoms with Gasteiger partial charge in [0.1, 0.15) is 0 Å². The molecule has 0 amide bonds. The predicted octanol–water partition coefficient (Wildman–Crippen LogP) is 3.13. The first-order valence-corrected chi connectivity index (χ1v) is 10.0. The first kappa shape index (κ1) is 26.4. The van der Waals surface area contributed by atoms with Crippen LogP contribution in [0, 0.1) is 0 Å². The predicted molar refractivity (Wildman–Crippen MR) is 112 cm³/mol. The van der Waals surface area contributed by atoms with Gasteiger partial charge < -0.3 is 19.6 Å². The van der Waals surface area contributed by atoms with Gasteiger partial charge in [-0.05, 0) is 58.8 Å². The second kappa shape index (κ2) is 17.9. The van der Waals surface area contributed by atoms with Crippen LogP contribution in [0.5, 0.6) is 0 Å². The molecule has 0 aliphatic heterocycles. The van der Waals surface area contributed by atoms with Crippen LogP contribution < -0.4 is 0 Å². The highest BCUT2D eigenvalue weighted by Crippen LogP contribution is 1.99. The van der Waals surface area contributed by atoms with Gasteiger partial charge in [0.05, 0.1) is 0 Å². The number of nitrogens with zero attached hydrogens (tertiary/aromatic N) is 4. The molecule has 5 heteroatoms. The van der Waals surface area contributed by atoms with Gasteiger partial charge in [-0.25, -0.2) is 0 Å². The molecule has 24 heavy (non-hydrogen) atoms. The van der Waals surface area contributed by atoms with Crippen LogP contribution >= 0.6 is 12.4 Å². The van der Waals surface area contributed by atoms with Crippen molar-refractivity contribution in [3.8, 4) is 0 Å². The second-order valence-electron chi connectivity index (χ2n) is 6.28. The SMILES string of the molecule is CCN(CC)CCCN(CCN(CC)CC)CCN(CC)CC.Cl. The van der Waals surface area contributed by atoms with Gasteiger partial charge in [-0.15, -0.1) is 12.4 Å². The lowest BCUT2D eigenvalue weighted by Gasteiger charge is -2.29. The van der Waals surface area contributed by atoms with E-state index in [0.717, 1.165) is 0 Å². The molecular weight excluding hydrogens is 320 g/mol. The van der Waals surface area contributed by atoms with Crippen LogP contribution in [0.4, 0.5) is 0 Å². The molecule has 0 heterocycles. The molecule has 0 aromatic rings. The summed E-state index contributed by atoms with van der Waals surface area (Å²) in [5.41, 5.74) is 0. The van der Waals surface area contributed by atoms with E-state index in [4.69, 9.17) is 0 Å². The molecule has 0 atom stereocenters. The summed E-state index contributed by atoms with van der Waals surface area (Å²) < 4.78 is 0. The van der Waals surface area contributed by atoms with Crippen LogP contribution in [0.25, 0.3) is 0 Å². The Kier molecular flexibility index (Phi) is 19.7. The van der Waals surface area contributed by atoms with Crippen molar-refractivity contribution in [3.05, 3.63) is 0 Å². The number of rotatable bonds is 16. The van der Waals surface area contributed by atoms with Crippen LogP contribution in [-0.4, -0.2) is 98.1 Å². The van der Waals surface area contributed by atoms with Crippen LogP contribution in [0.15, 0.2) is 0 Å². The summed E-state index contributed by atoms with van der Waals surface area (Å²) in [7, 11) is 0. The lowest BCUT2D eigenvalue weighted by molar-refractivity contribution is 0.176. The van der Waals surface area contributed by atoms with Crippen LogP contribution in [-0.2, 0) is 0 Å². The van der Waals surface area contributed by atoms with Crippen molar-refractivity contribution in [2.24, 2.45) is 0 Å². The van der Waals surface area contributed by atoms with Gasteiger partial charge in [-0.3, -0.25) is 0 Å². The van der Waals surface area contributed by atoms with E-state index >= 15 is 0 Å². The van der Waals surface area contributed by atoms with Crippen molar-refractivity contribution < 1.29 is 0 Å². The van der Waals surface area contributed by atoms with Gasteiger partial charge in [0.15, 0.2) is 0 Å². The smallest absolute Gasteiger partial charge is 0.0110 e. The summed E-state index contributed by atoms with van der Waals surface area (Å²) in [6.07, 6.45) is 1.29. The van der Waals surface area contributed by atoms with E-state index in [1.807, 2.05) is 0 Å². The van der Waals surface area contributed by atoms with E-state index in [1.54, 1.807) is 0 Å². The highest BCUT2D eigenvalue weighted by Gasteiger charge is 2.10. The van der Waals surface area contributed by atoms with Crippen molar-refractivity contribution in [3.63, 3.8) is 0 Å². The Hall–Kier alpha value is 0.130. The summed E-state index contributed by atoms with van der Waals surface area (Å²) in [4.78, 5) is 10.3. The number of hydrogen-bond acceptors (Lipinski definition) is 4. The zero-order chi connectivity index (χ0) is 17.5. The molecule has 0 saturated heterocycles. The molecule has 0 bridgehead atoms. The van der Waals surface area contributed by atoms with Crippen molar-refractivity contribution in [2.45, 2.75) is 48.0 Å². The Morgan fingerprint density at radius 1 is 0.375 bits per heavy atom. The Bertz CT molecular complexity index is 226. The molecule has 0 aromatic heterocycles. The maximum absolute atomic E-state index is 2.68. The van der Waals surface area contributed by atoms with E-state index in [9.17, 15) is 0 Å². The Morgan fingerprint density at radius 2 is 0.625 bits per heavy atom. The van der Waals surface area contributed by atoms with Gasteiger partial charge in [-0.1, -0.05) is 41.5 Å². The highest BCUT2D eigenvalue weighted by atomic mass is 35.5. The van der Waals surface area contributed by atoms with Crippen LogP contribution in [0.1, 0.15) is 48.0 Å². The lowest BCUT2D eigenvalue weighted by Crippen LogP contribution is -2.41. The van der Waals surface area contributed by atoms with Crippen LogP contribution in [0.2, 0.25) is 0 Å². The standard InChI is InChI=1S/C19H44N4.ClH/c1-7-20(8-2)14-13-15-23(18-16-21(9-3)10-4)19-17-22(11-5)12-6;/h7-19H2,1-6H3;1H. The maximum Gasteiger partial charge on any atom is 0.0110 e. The normalized spacial score (nSPS) is 11.8. The van der Waals surface area contributed by atoms with Gasteiger partial charge >= 0.3 is 0 Å². The second-order valence-corrected chi connectivity index (χ2v) is 6.28. The molecule has 0 aliphatic carbocycles. The highest BCUT2D eigenvalue weighted by molar-refractivity contribution is 5.85. The minimum atomic E-state index is 0. The Morgan fingerprint density at radius 3 is 0.958 bits per heavy atom. The monoisotopic (exact) mass is 364 g/mol. The fourth-order valence-electron chi connectivity index (χ4n) is 3.04. The Labute approximate surface area is 159 Å². The molecule has 0 saturated carbocycles.